The zero-order chi connectivity index (χ0) is 19.5. The number of hydrogen-bond acceptors (Lipinski definition) is 6. The molecule has 28 heavy (non-hydrogen) atoms. The van der Waals surface area contributed by atoms with Crippen molar-refractivity contribution in [2.45, 2.75) is 10.8 Å². The van der Waals surface area contributed by atoms with E-state index in [1.54, 1.807) is 6.26 Å². The number of nitrogen functional groups attached to an aromatic ring is 1. The van der Waals surface area contributed by atoms with Crippen LogP contribution in [0.4, 0.5) is 5.82 Å². The van der Waals surface area contributed by atoms with Crippen molar-refractivity contribution in [2.24, 2.45) is 0 Å². The van der Waals surface area contributed by atoms with Gasteiger partial charge in [-0.25, -0.2) is 4.98 Å². The molecule has 0 aliphatic rings. The summed E-state index contributed by atoms with van der Waals surface area (Å²) in [5, 5.41) is 22.1. The first-order chi connectivity index (χ1) is 13.7. The van der Waals surface area contributed by atoms with E-state index in [1.165, 1.54) is 11.8 Å². The summed E-state index contributed by atoms with van der Waals surface area (Å²) in [4.78, 5) is 4.32. The SMILES string of the molecule is N#Cc1c(N)nc(SCc2ccco2)c(C#N)c1-c1ccc2ccccc2c1. The van der Waals surface area contributed by atoms with Crippen LogP contribution in [0.25, 0.3) is 21.9 Å². The number of anilines is 1. The van der Waals surface area contributed by atoms with Crippen molar-refractivity contribution < 1.29 is 4.42 Å². The molecule has 6 heteroatoms. The molecule has 0 amide bonds. The number of rotatable bonds is 4. The minimum absolute atomic E-state index is 0.117. The van der Waals surface area contributed by atoms with Gasteiger partial charge in [-0.2, -0.15) is 10.5 Å². The summed E-state index contributed by atoms with van der Waals surface area (Å²) in [5.41, 5.74) is 7.92. The van der Waals surface area contributed by atoms with E-state index < -0.39 is 0 Å². The van der Waals surface area contributed by atoms with Crippen LogP contribution in [0.5, 0.6) is 0 Å². The third-order valence-electron chi connectivity index (χ3n) is 4.38. The predicted octanol–water partition coefficient (Wildman–Crippen LogP) is 5.11. The molecule has 2 N–H and O–H groups in total. The molecule has 4 aromatic rings. The Hall–Kier alpha value is -3.74. The third-order valence-corrected chi connectivity index (χ3v) is 5.38. The average Bonchev–Trinajstić information content (AvgIpc) is 3.25. The highest BCUT2D eigenvalue weighted by molar-refractivity contribution is 7.98. The molecule has 134 valence electrons. The predicted molar refractivity (Wildman–Crippen MR) is 109 cm³/mol. The van der Waals surface area contributed by atoms with Gasteiger partial charge in [-0.15, -0.1) is 0 Å². The lowest BCUT2D eigenvalue weighted by Gasteiger charge is -2.13. The fourth-order valence-electron chi connectivity index (χ4n) is 3.07. The van der Waals surface area contributed by atoms with E-state index in [1.807, 2.05) is 54.6 Å². The number of nitrogens with zero attached hydrogens (tertiary/aromatic N) is 3. The van der Waals surface area contributed by atoms with Crippen LogP contribution in [-0.4, -0.2) is 4.98 Å². The Kier molecular flexibility index (Phi) is 4.72. The molecule has 5 nitrogen and oxygen atoms in total. The Balaban J connectivity index is 1.88. The maximum atomic E-state index is 9.86. The van der Waals surface area contributed by atoms with Gasteiger partial charge in [0.05, 0.1) is 17.6 Å². The summed E-state index contributed by atoms with van der Waals surface area (Å²) < 4.78 is 5.35. The zero-order valence-corrected chi connectivity index (χ0v) is 15.5. The van der Waals surface area contributed by atoms with Crippen molar-refractivity contribution in [3.63, 3.8) is 0 Å². The molecule has 0 unspecified atom stereocenters. The number of benzene rings is 2. The van der Waals surface area contributed by atoms with E-state index in [-0.39, 0.29) is 11.4 Å². The number of aromatic nitrogens is 1. The Bertz CT molecular complexity index is 1250. The first kappa shape index (κ1) is 17.7. The summed E-state index contributed by atoms with van der Waals surface area (Å²) in [6.07, 6.45) is 1.60. The minimum atomic E-state index is 0.117. The van der Waals surface area contributed by atoms with Gasteiger partial charge in [0.1, 0.15) is 34.3 Å². The Morgan fingerprint density at radius 1 is 0.964 bits per heavy atom. The smallest absolute Gasteiger partial charge is 0.143 e. The highest BCUT2D eigenvalue weighted by Crippen LogP contribution is 2.37. The van der Waals surface area contributed by atoms with E-state index in [0.717, 1.165) is 22.1 Å². The van der Waals surface area contributed by atoms with Gasteiger partial charge in [0.25, 0.3) is 0 Å². The quantitative estimate of drug-likeness (QED) is 0.492. The monoisotopic (exact) mass is 382 g/mol. The fourth-order valence-corrected chi connectivity index (χ4v) is 3.97. The molecular formula is C22H14N4OS. The molecule has 2 heterocycles. The largest absolute Gasteiger partial charge is 0.468 e. The standard InChI is InChI=1S/C22H14N4OS/c23-11-18-20(16-8-7-14-4-1-2-5-15(14)10-16)19(12-24)22(26-21(18)25)28-13-17-6-3-9-27-17/h1-10H,13H2,(H2,25,26). The van der Waals surface area contributed by atoms with Crippen LogP contribution in [0.1, 0.15) is 16.9 Å². The highest BCUT2D eigenvalue weighted by Gasteiger charge is 2.21. The van der Waals surface area contributed by atoms with Crippen LogP contribution >= 0.6 is 11.8 Å². The van der Waals surface area contributed by atoms with E-state index in [4.69, 9.17) is 10.2 Å². The van der Waals surface area contributed by atoms with Crippen molar-refractivity contribution in [1.82, 2.24) is 4.98 Å². The summed E-state index contributed by atoms with van der Waals surface area (Å²) in [5.74, 6) is 1.40. The number of nitriles is 2. The van der Waals surface area contributed by atoms with Crippen molar-refractivity contribution in [1.29, 1.82) is 10.5 Å². The van der Waals surface area contributed by atoms with Gasteiger partial charge in [0.2, 0.25) is 0 Å². The summed E-state index contributed by atoms with van der Waals surface area (Å²) in [6.45, 7) is 0. The van der Waals surface area contributed by atoms with Crippen LogP contribution < -0.4 is 5.73 Å². The van der Waals surface area contributed by atoms with Crippen LogP contribution in [-0.2, 0) is 5.75 Å². The molecule has 0 atom stereocenters. The van der Waals surface area contributed by atoms with Gasteiger partial charge in [-0.05, 0) is 34.5 Å². The van der Waals surface area contributed by atoms with Gasteiger partial charge in [-0.1, -0.05) is 48.2 Å². The Labute approximate surface area is 166 Å². The molecule has 2 aromatic carbocycles. The maximum absolute atomic E-state index is 9.86. The van der Waals surface area contributed by atoms with Crippen molar-refractivity contribution in [2.75, 3.05) is 5.73 Å². The minimum Gasteiger partial charge on any atom is -0.468 e. The topological polar surface area (TPSA) is 99.6 Å². The number of nitrogens with two attached hydrogens (primary N) is 1. The van der Waals surface area contributed by atoms with E-state index in [0.29, 0.717) is 21.9 Å². The lowest BCUT2D eigenvalue weighted by Crippen LogP contribution is -2.03. The highest BCUT2D eigenvalue weighted by atomic mass is 32.2. The molecule has 0 saturated heterocycles. The molecule has 0 aliphatic heterocycles. The number of hydrogen-bond donors (Lipinski definition) is 1. The Morgan fingerprint density at radius 2 is 1.75 bits per heavy atom. The number of fused-ring (bicyclic) bond motifs is 1. The van der Waals surface area contributed by atoms with Crippen LogP contribution in [0.2, 0.25) is 0 Å². The van der Waals surface area contributed by atoms with Gasteiger partial charge in [0.15, 0.2) is 0 Å². The first-order valence-corrected chi connectivity index (χ1v) is 9.48. The lowest BCUT2D eigenvalue weighted by molar-refractivity contribution is 0.530. The van der Waals surface area contributed by atoms with Gasteiger partial charge in [0, 0.05) is 5.56 Å². The van der Waals surface area contributed by atoms with E-state index in [9.17, 15) is 10.5 Å². The fraction of sp³-hybridized carbons (Fsp3) is 0.0455. The lowest BCUT2D eigenvalue weighted by atomic mass is 9.95. The number of pyridine rings is 1. The van der Waals surface area contributed by atoms with Gasteiger partial charge >= 0.3 is 0 Å². The van der Waals surface area contributed by atoms with Crippen LogP contribution in [0, 0.1) is 22.7 Å². The molecule has 0 bridgehead atoms. The third kappa shape index (κ3) is 3.18. The zero-order valence-electron chi connectivity index (χ0n) is 14.7. The van der Waals surface area contributed by atoms with Crippen LogP contribution in [0.3, 0.4) is 0 Å². The first-order valence-electron chi connectivity index (χ1n) is 8.49. The van der Waals surface area contributed by atoms with Crippen LogP contribution in [0.15, 0.2) is 70.3 Å². The molecule has 0 aliphatic carbocycles. The summed E-state index contributed by atoms with van der Waals surface area (Å²) in [7, 11) is 0. The molecule has 0 saturated carbocycles. The van der Waals surface area contributed by atoms with Gasteiger partial charge in [-0.3, -0.25) is 0 Å². The maximum Gasteiger partial charge on any atom is 0.143 e. The molecule has 0 spiro atoms. The molecule has 0 fully saturated rings. The second kappa shape index (κ2) is 7.48. The number of thioether (sulfide) groups is 1. The molecule has 0 radical (unpaired) electrons. The summed E-state index contributed by atoms with van der Waals surface area (Å²) >= 11 is 1.36. The normalized spacial score (nSPS) is 10.5. The summed E-state index contributed by atoms with van der Waals surface area (Å²) in [6, 6.07) is 21.8. The molecule has 2 aromatic heterocycles. The average molecular weight is 382 g/mol. The number of furan rings is 1. The van der Waals surface area contributed by atoms with Crippen molar-refractivity contribution in [3.05, 3.63) is 77.7 Å². The molecular weight excluding hydrogens is 368 g/mol. The van der Waals surface area contributed by atoms with E-state index >= 15 is 0 Å². The second-order valence-corrected chi connectivity index (χ2v) is 7.04. The van der Waals surface area contributed by atoms with Crippen molar-refractivity contribution in [3.8, 4) is 23.3 Å². The second-order valence-electron chi connectivity index (χ2n) is 6.08. The van der Waals surface area contributed by atoms with E-state index in [2.05, 4.69) is 17.1 Å². The van der Waals surface area contributed by atoms with Gasteiger partial charge < -0.3 is 10.2 Å². The van der Waals surface area contributed by atoms with Crippen molar-refractivity contribution >= 4 is 28.4 Å². The Morgan fingerprint density at radius 3 is 2.46 bits per heavy atom. The molecule has 4 rings (SSSR count).